The average Bonchev–Trinajstić information content (AvgIpc) is 2.98. The average molecular weight is 312 g/mol. The molecule has 0 saturated heterocycles. The van der Waals surface area contributed by atoms with E-state index in [0.29, 0.717) is 11.4 Å². The highest BCUT2D eigenvalue weighted by atomic mass is 32.1. The van der Waals surface area contributed by atoms with Crippen LogP contribution in [0.4, 0.5) is 0 Å². The van der Waals surface area contributed by atoms with Crippen LogP contribution in [0.1, 0.15) is 30.4 Å². The van der Waals surface area contributed by atoms with Crippen LogP contribution in [0.2, 0.25) is 0 Å². The van der Waals surface area contributed by atoms with Crippen molar-refractivity contribution in [1.82, 2.24) is 10.2 Å². The van der Waals surface area contributed by atoms with Crippen molar-refractivity contribution >= 4 is 29.1 Å². The van der Waals surface area contributed by atoms with Crippen molar-refractivity contribution < 1.29 is 19.1 Å². The first-order valence-electron chi connectivity index (χ1n) is 6.78. The topological polar surface area (TPSA) is 75.7 Å². The summed E-state index contributed by atoms with van der Waals surface area (Å²) in [5, 5.41) is 4.42. The Morgan fingerprint density at radius 2 is 2.10 bits per heavy atom. The summed E-state index contributed by atoms with van der Waals surface area (Å²) in [4.78, 5) is 37.5. The molecule has 21 heavy (non-hydrogen) atoms. The number of esters is 1. The van der Waals surface area contributed by atoms with E-state index < -0.39 is 12.0 Å². The second kappa shape index (κ2) is 8.41. The molecule has 116 valence electrons. The number of likely N-dealkylation sites (N-methyl/N-ethyl adjacent to an activating group) is 1. The molecule has 0 aromatic carbocycles. The fourth-order valence-corrected chi connectivity index (χ4v) is 2.35. The standard InChI is InChI=1S/C14H20N2O4S/c1-4-16(9-12(17)20-5-2)14(19)10(3)15-13(18)11-7-6-8-21-11/h6-8,10H,4-5,9H2,1-3H3,(H,15,18). The molecular weight excluding hydrogens is 292 g/mol. The Hall–Kier alpha value is -1.89. The van der Waals surface area contributed by atoms with Crippen LogP contribution in [0.25, 0.3) is 0 Å². The Bertz CT molecular complexity index is 487. The fraction of sp³-hybridized carbons (Fsp3) is 0.500. The lowest BCUT2D eigenvalue weighted by atomic mass is 10.2. The first kappa shape index (κ1) is 17.2. The van der Waals surface area contributed by atoms with Gasteiger partial charge in [0.1, 0.15) is 12.6 Å². The lowest BCUT2D eigenvalue weighted by Crippen LogP contribution is -2.48. The third-order valence-electron chi connectivity index (χ3n) is 2.78. The fourth-order valence-electron chi connectivity index (χ4n) is 1.72. The normalized spacial score (nSPS) is 11.6. The lowest BCUT2D eigenvalue weighted by molar-refractivity contribution is -0.149. The van der Waals surface area contributed by atoms with Crippen LogP contribution in [0.3, 0.4) is 0 Å². The predicted molar refractivity (Wildman–Crippen MR) is 80.1 cm³/mol. The number of nitrogens with zero attached hydrogens (tertiary/aromatic N) is 1. The molecule has 1 heterocycles. The summed E-state index contributed by atoms with van der Waals surface area (Å²) >= 11 is 1.31. The Kier molecular flexibility index (Phi) is 6.87. The van der Waals surface area contributed by atoms with Crippen molar-refractivity contribution in [2.75, 3.05) is 19.7 Å². The molecule has 1 unspecified atom stereocenters. The van der Waals surface area contributed by atoms with Gasteiger partial charge >= 0.3 is 5.97 Å². The minimum Gasteiger partial charge on any atom is -0.465 e. The quantitative estimate of drug-likeness (QED) is 0.770. The Morgan fingerprint density at radius 1 is 1.38 bits per heavy atom. The molecule has 1 aromatic heterocycles. The van der Waals surface area contributed by atoms with Crippen molar-refractivity contribution in [3.8, 4) is 0 Å². The van der Waals surface area contributed by atoms with E-state index in [1.54, 1.807) is 38.3 Å². The van der Waals surface area contributed by atoms with Gasteiger partial charge in [0.15, 0.2) is 0 Å². The summed E-state index contributed by atoms with van der Waals surface area (Å²) in [6, 6.07) is 2.76. The molecule has 7 heteroatoms. The highest BCUT2D eigenvalue weighted by Gasteiger charge is 2.23. The maximum atomic E-state index is 12.2. The molecule has 0 aliphatic heterocycles. The number of carbonyl (C=O) groups excluding carboxylic acids is 3. The number of hydrogen-bond donors (Lipinski definition) is 1. The first-order valence-corrected chi connectivity index (χ1v) is 7.66. The Balaban J connectivity index is 2.58. The van der Waals surface area contributed by atoms with Gasteiger partial charge in [0.2, 0.25) is 5.91 Å². The molecule has 2 amide bonds. The largest absolute Gasteiger partial charge is 0.465 e. The van der Waals surface area contributed by atoms with Crippen LogP contribution in [0.5, 0.6) is 0 Å². The minimum atomic E-state index is -0.700. The molecule has 0 saturated carbocycles. The summed E-state index contributed by atoms with van der Waals surface area (Å²) in [6.45, 7) is 5.61. The van der Waals surface area contributed by atoms with Gasteiger partial charge in [-0.2, -0.15) is 0 Å². The Labute approximate surface area is 128 Å². The van der Waals surface area contributed by atoms with Crippen molar-refractivity contribution in [2.24, 2.45) is 0 Å². The summed E-state index contributed by atoms with van der Waals surface area (Å²) in [7, 11) is 0. The van der Waals surface area contributed by atoms with Crippen molar-refractivity contribution in [1.29, 1.82) is 0 Å². The molecule has 0 radical (unpaired) electrons. The molecule has 0 spiro atoms. The van der Waals surface area contributed by atoms with E-state index in [-0.39, 0.29) is 25.0 Å². The summed E-state index contributed by atoms with van der Waals surface area (Å²) in [5.74, 6) is -1.06. The zero-order valence-corrected chi connectivity index (χ0v) is 13.2. The van der Waals surface area contributed by atoms with Gasteiger partial charge in [-0.3, -0.25) is 14.4 Å². The van der Waals surface area contributed by atoms with Crippen LogP contribution < -0.4 is 5.32 Å². The van der Waals surface area contributed by atoms with Gasteiger partial charge in [-0.1, -0.05) is 6.07 Å². The van der Waals surface area contributed by atoms with Crippen LogP contribution in [-0.4, -0.2) is 48.4 Å². The van der Waals surface area contributed by atoms with Crippen LogP contribution in [0, 0.1) is 0 Å². The van der Waals surface area contributed by atoms with Crippen molar-refractivity contribution in [3.05, 3.63) is 22.4 Å². The zero-order chi connectivity index (χ0) is 15.8. The van der Waals surface area contributed by atoms with Gasteiger partial charge in [-0.15, -0.1) is 11.3 Å². The molecule has 1 rings (SSSR count). The molecule has 6 nitrogen and oxygen atoms in total. The monoisotopic (exact) mass is 312 g/mol. The molecule has 0 aliphatic carbocycles. The number of rotatable bonds is 7. The van der Waals surface area contributed by atoms with E-state index in [4.69, 9.17) is 4.74 Å². The number of hydrogen-bond acceptors (Lipinski definition) is 5. The number of carbonyl (C=O) groups is 3. The number of thiophene rings is 1. The summed E-state index contributed by atoms with van der Waals surface area (Å²) < 4.78 is 4.83. The van der Waals surface area contributed by atoms with Gasteiger partial charge in [0, 0.05) is 6.54 Å². The molecule has 0 bridgehead atoms. The second-order valence-corrected chi connectivity index (χ2v) is 5.28. The smallest absolute Gasteiger partial charge is 0.325 e. The van der Waals surface area contributed by atoms with Gasteiger partial charge in [-0.25, -0.2) is 0 Å². The van der Waals surface area contributed by atoms with E-state index >= 15 is 0 Å². The zero-order valence-electron chi connectivity index (χ0n) is 12.4. The maximum absolute atomic E-state index is 12.2. The van der Waals surface area contributed by atoms with Gasteiger partial charge in [0.05, 0.1) is 11.5 Å². The van der Waals surface area contributed by atoms with Crippen molar-refractivity contribution in [3.63, 3.8) is 0 Å². The van der Waals surface area contributed by atoms with E-state index in [0.717, 1.165) is 0 Å². The van der Waals surface area contributed by atoms with Crippen LogP contribution in [0.15, 0.2) is 17.5 Å². The molecular formula is C14H20N2O4S. The second-order valence-electron chi connectivity index (χ2n) is 4.33. The first-order chi connectivity index (χ1) is 9.99. The lowest BCUT2D eigenvalue weighted by Gasteiger charge is -2.23. The third kappa shape index (κ3) is 5.18. The molecule has 1 atom stereocenters. The predicted octanol–water partition coefficient (Wildman–Crippen LogP) is 1.28. The van der Waals surface area contributed by atoms with E-state index in [2.05, 4.69) is 5.32 Å². The minimum absolute atomic E-state index is 0.109. The Morgan fingerprint density at radius 3 is 2.62 bits per heavy atom. The highest BCUT2D eigenvalue weighted by molar-refractivity contribution is 7.12. The molecule has 1 aromatic rings. The van der Waals surface area contributed by atoms with Crippen molar-refractivity contribution in [2.45, 2.75) is 26.8 Å². The van der Waals surface area contributed by atoms with E-state index in [1.165, 1.54) is 16.2 Å². The molecule has 0 fully saturated rings. The third-order valence-corrected chi connectivity index (χ3v) is 3.65. The summed E-state index contributed by atoms with van der Waals surface area (Å²) in [6.07, 6.45) is 0. The van der Waals surface area contributed by atoms with Crippen LogP contribution in [-0.2, 0) is 14.3 Å². The number of nitrogens with one attached hydrogen (secondary N) is 1. The number of ether oxygens (including phenoxy) is 1. The SMILES string of the molecule is CCOC(=O)CN(CC)C(=O)C(C)NC(=O)c1cccs1. The number of amides is 2. The molecule has 0 aliphatic rings. The maximum Gasteiger partial charge on any atom is 0.325 e. The molecule has 1 N–H and O–H groups in total. The highest BCUT2D eigenvalue weighted by Crippen LogP contribution is 2.08. The van der Waals surface area contributed by atoms with Gasteiger partial charge < -0.3 is 15.0 Å². The van der Waals surface area contributed by atoms with Crippen LogP contribution >= 0.6 is 11.3 Å². The van der Waals surface area contributed by atoms with Gasteiger partial charge in [-0.05, 0) is 32.2 Å². The van der Waals surface area contributed by atoms with E-state index in [1.807, 2.05) is 0 Å². The van der Waals surface area contributed by atoms with Gasteiger partial charge in [0.25, 0.3) is 5.91 Å². The summed E-state index contributed by atoms with van der Waals surface area (Å²) in [5.41, 5.74) is 0. The van der Waals surface area contributed by atoms with E-state index in [9.17, 15) is 14.4 Å².